The van der Waals surface area contributed by atoms with Crippen LogP contribution in [0.4, 0.5) is 0 Å². The first kappa shape index (κ1) is 16.8. The molecule has 2 saturated carbocycles. The van der Waals surface area contributed by atoms with Gasteiger partial charge in [-0.15, -0.1) is 0 Å². The molecule has 0 aliphatic heterocycles. The molecular weight excluding hydrogens is 278 g/mol. The first-order valence-electron chi connectivity index (χ1n) is 9.78. The average molecular weight is 313 g/mol. The molecule has 0 radical (unpaired) electrons. The molecule has 0 bridgehead atoms. The van der Waals surface area contributed by atoms with Gasteiger partial charge in [0.1, 0.15) is 6.54 Å². The molecule has 0 heterocycles. The lowest BCUT2D eigenvalue weighted by atomic mass is 9.85. The van der Waals surface area contributed by atoms with Crippen LogP contribution in [-0.4, -0.2) is 23.6 Å². The summed E-state index contributed by atoms with van der Waals surface area (Å²) in [6.45, 7) is 5.09. The highest BCUT2D eigenvalue weighted by molar-refractivity contribution is 5.47. The van der Waals surface area contributed by atoms with Crippen LogP contribution in [0.3, 0.4) is 0 Å². The SMILES string of the molecule is C=Cc1ccc(C[N+](C)(C2CCCCC2)C2CCCCC2)cc1. The Kier molecular flexibility index (Phi) is 5.58. The molecule has 0 atom stereocenters. The van der Waals surface area contributed by atoms with Gasteiger partial charge in [-0.2, -0.15) is 0 Å². The van der Waals surface area contributed by atoms with Crippen molar-refractivity contribution in [2.24, 2.45) is 0 Å². The molecule has 2 aliphatic rings. The van der Waals surface area contributed by atoms with Crippen molar-refractivity contribution in [1.82, 2.24) is 0 Å². The van der Waals surface area contributed by atoms with E-state index in [2.05, 4.69) is 37.9 Å². The van der Waals surface area contributed by atoms with Crippen molar-refractivity contribution < 1.29 is 4.48 Å². The summed E-state index contributed by atoms with van der Waals surface area (Å²) in [7, 11) is 2.58. The van der Waals surface area contributed by atoms with E-state index in [4.69, 9.17) is 0 Å². The number of rotatable bonds is 5. The summed E-state index contributed by atoms with van der Waals surface area (Å²) in [6.07, 6.45) is 16.4. The molecule has 1 heteroatoms. The average Bonchev–Trinajstić information content (AvgIpc) is 2.64. The van der Waals surface area contributed by atoms with Gasteiger partial charge in [0.15, 0.2) is 0 Å². The third kappa shape index (κ3) is 3.88. The van der Waals surface area contributed by atoms with Crippen LogP contribution in [0.5, 0.6) is 0 Å². The third-order valence-corrected chi connectivity index (χ3v) is 6.56. The predicted molar refractivity (Wildman–Crippen MR) is 100 cm³/mol. The molecule has 0 amide bonds. The Morgan fingerprint density at radius 1 is 0.870 bits per heavy atom. The van der Waals surface area contributed by atoms with E-state index >= 15 is 0 Å². The standard InChI is InChI=1S/C22H34N/c1-3-19-14-16-20(17-15-19)18-23(2,21-10-6-4-7-11-21)22-12-8-5-9-13-22/h3,14-17,21-22H,1,4-13,18H2,2H3/q+1. The largest absolute Gasteiger partial charge is 0.317 e. The molecule has 3 rings (SSSR count). The lowest BCUT2D eigenvalue weighted by Crippen LogP contribution is -2.59. The zero-order valence-corrected chi connectivity index (χ0v) is 15.0. The van der Waals surface area contributed by atoms with Gasteiger partial charge in [-0.25, -0.2) is 0 Å². The van der Waals surface area contributed by atoms with Crippen LogP contribution < -0.4 is 0 Å². The fraction of sp³-hybridized carbons (Fsp3) is 0.636. The van der Waals surface area contributed by atoms with Crippen molar-refractivity contribution >= 4 is 6.08 Å². The second-order valence-corrected chi connectivity index (χ2v) is 8.03. The van der Waals surface area contributed by atoms with Crippen LogP contribution in [0, 0.1) is 0 Å². The molecule has 1 aromatic carbocycles. The van der Waals surface area contributed by atoms with E-state index in [9.17, 15) is 0 Å². The highest BCUT2D eigenvalue weighted by Crippen LogP contribution is 2.37. The first-order valence-corrected chi connectivity index (χ1v) is 9.78. The van der Waals surface area contributed by atoms with Crippen LogP contribution in [0.1, 0.15) is 75.3 Å². The molecule has 126 valence electrons. The summed E-state index contributed by atoms with van der Waals surface area (Å²) in [6, 6.07) is 10.9. The van der Waals surface area contributed by atoms with Crippen molar-refractivity contribution in [2.75, 3.05) is 7.05 Å². The van der Waals surface area contributed by atoms with Crippen molar-refractivity contribution in [2.45, 2.75) is 82.8 Å². The Labute approximate surface area is 143 Å². The van der Waals surface area contributed by atoms with Gasteiger partial charge in [0.05, 0.1) is 19.1 Å². The van der Waals surface area contributed by atoms with Crippen molar-refractivity contribution in [3.63, 3.8) is 0 Å². The smallest absolute Gasteiger partial charge is 0.105 e. The number of hydrogen-bond donors (Lipinski definition) is 0. The zero-order valence-electron chi connectivity index (χ0n) is 15.0. The minimum atomic E-state index is 0.880. The first-order chi connectivity index (χ1) is 11.2. The summed E-state index contributed by atoms with van der Waals surface area (Å²) >= 11 is 0. The number of quaternary nitrogens is 1. The maximum atomic E-state index is 3.88. The third-order valence-electron chi connectivity index (χ3n) is 6.56. The molecule has 1 nitrogen and oxygen atoms in total. The molecular formula is C22H34N+. The van der Waals surface area contributed by atoms with Crippen molar-refractivity contribution in [3.8, 4) is 0 Å². The summed E-state index contributed by atoms with van der Waals surface area (Å²) < 4.78 is 1.30. The second kappa shape index (κ2) is 7.66. The lowest BCUT2D eigenvalue weighted by Gasteiger charge is -2.50. The molecule has 0 aromatic heterocycles. The quantitative estimate of drug-likeness (QED) is 0.590. The summed E-state index contributed by atoms with van der Waals surface area (Å²) in [5.41, 5.74) is 2.74. The van der Waals surface area contributed by atoms with Gasteiger partial charge in [-0.1, -0.05) is 49.8 Å². The summed E-state index contributed by atoms with van der Waals surface area (Å²) in [4.78, 5) is 0. The highest BCUT2D eigenvalue weighted by Gasteiger charge is 2.40. The van der Waals surface area contributed by atoms with Crippen LogP contribution in [0.25, 0.3) is 6.08 Å². The minimum absolute atomic E-state index is 0.880. The van der Waals surface area contributed by atoms with Crippen molar-refractivity contribution in [3.05, 3.63) is 42.0 Å². The van der Waals surface area contributed by atoms with Gasteiger partial charge in [-0.05, 0) is 56.9 Å². The molecule has 0 N–H and O–H groups in total. The molecule has 2 aliphatic carbocycles. The Balaban J connectivity index is 1.81. The maximum Gasteiger partial charge on any atom is 0.105 e. The Morgan fingerprint density at radius 3 is 1.78 bits per heavy atom. The summed E-state index contributed by atoms with van der Waals surface area (Å²) in [5.74, 6) is 0. The molecule has 0 spiro atoms. The molecule has 2 fully saturated rings. The van der Waals surface area contributed by atoms with E-state index < -0.39 is 0 Å². The Hall–Kier alpha value is -1.08. The van der Waals surface area contributed by atoms with Crippen LogP contribution in [-0.2, 0) is 6.54 Å². The fourth-order valence-corrected chi connectivity index (χ4v) is 5.05. The van der Waals surface area contributed by atoms with Crippen LogP contribution in [0.2, 0.25) is 0 Å². The monoisotopic (exact) mass is 312 g/mol. The van der Waals surface area contributed by atoms with Gasteiger partial charge in [0, 0.05) is 5.56 Å². The zero-order chi connectivity index (χ0) is 16.1. The van der Waals surface area contributed by atoms with E-state index in [0.29, 0.717) is 0 Å². The van der Waals surface area contributed by atoms with Gasteiger partial charge < -0.3 is 4.48 Å². The van der Waals surface area contributed by atoms with Gasteiger partial charge in [0.25, 0.3) is 0 Å². The van der Waals surface area contributed by atoms with E-state index in [-0.39, 0.29) is 0 Å². The van der Waals surface area contributed by atoms with E-state index in [1.807, 2.05) is 6.08 Å². The Morgan fingerprint density at radius 2 is 1.35 bits per heavy atom. The minimum Gasteiger partial charge on any atom is -0.317 e. The van der Waals surface area contributed by atoms with Gasteiger partial charge in [-0.3, -0.25) is 0 Å². The van der Waals surface area contributed by atoms with Crippen molar-refractivity contribution in [1.29, 1.82) is 0 Å². The molecule has 0 unspecified atom stereocenters. The molecule has 23 heavy (non-hydrogen) atoms. The Bertz CT molecular complexity index is 471. The topological polar surface area (TPSA) is 0 Å². The maximum absolute atomic E-state index is 3.88. The van der Waals surface area contributed by atoms with Gasteiger partial charge >= 0.3 is 0 Å². The lowest BCUT2D eigenvalue weighted by molar-refractivity contribution is -0.971. The number of nitrogens with zero attached hydrogens (tertiary/aromatic N) is 1. The molecule has 1 aromatic rings. The second-order valence-electron chi connectivity index (χ2n) is 8.03. The summed E-state index contributed by atoms with van der Waals surface area (Å²) in [5, 5.41) is 0. The molecule has 0 saturated heterocycles. The van der Waals surface area contributed by atoms with E-state index in [0.717, 1.165) is 12.1 Å². The highest BCUT2D eigenvalue weighted by atomic mass is 15.4. The number of benzene rings is 1. The fourth-order valence-electron chi connectivity index (χ4n) is 5.05. The predicted octanol–water partition coefficient (Wildman–Crippen LogP) is 5.94. The number of hydrogen-bond acceptors (Lipinski definition) is 0. The van der Waals surface area contributed by atoms with Gasteiger partial charge in [0.2, 0.25) is 0 Å². The van der Waals surface area contributed by atoms with E-state index in [1.165, 1.54) is 86.4 Å². The van der Waals surface area contributed by atoms with E-state index in [1.54, 1.807) is 0 Å². The van der Waals surface area contributed by atoms with Crippen LogP contribution in [0.15, 0.2) is 30.8 Å². The normalized spacial score (nSPS) is 21.3. The van der Waals surface area contributed by atoms with Crippen LogP contribution >= 0.6 is 0 Å².